The first-order valence-electron chi connectivity index (χ1n) is 8.79. The fourth-order valence-corrected chi connectivity index (χ4v) is 2.94. The summed E-state index contributed by atoms with van der Waals surface area (Å²) in [4.78, 5) is 36.8. The van der Waals surface area contributed by atoms with Crippen LogP contribution in [0.5, 0.6) is 5.75 Å². The summed E-state index contributed by atoms with van der Waals surface area (Å²) in [6, 6.07) is 14.1. The topological polar surface area (TPSA) is 84.5 Å². The molecule has 6 nitrogen and oxygen atoms in total. The molecule has 0 atom stereocenters. The Hall–Kier alpha value is -3.15. The number of rotatable bonds is 7. The van der Waals surface area contributed by atoms with Gasteiger partial charge in [0.25, 0.3) is 0 Å². The largest absolute Gasteiger partial charge is 0.496 e. The van der Waals surface area contributed by atoms with Crippen LogP contribution in [-0.4, -0.2) is 24.7 Å². The molecule has 2 amide bonds. The van der Waals surface area contributed by atoms with Crippen LogP contribution in [0.25, 0.3) is 0 Å². The number of anilines is 1. The van der Waals surface area contributed by atoms with E-state index in [1.165, 1.54) is 6.92 Å². The summed E-state index contributed by atoms with van der Waals surface area (Å²) in [5.41, 5.74) is 0.822. The van der Waals surface area contributed by atoms with Crippen molar-refractivity contribution in [2.45, 2.75) is 26.3 Å². The third kappa shape index (κ3) is 4.00. The highest BCUT2D eigenvalue weighted by Gasteiger charge is 2.56. The Labute approximate surface area is 157 Å². The van der Waals surface area contributed by atoms with Crippen molar-refractivity contribution in [3.8, 4) is 5.75 Å². The van der Waals surface area contributed by atoms with Gasteiger partial charge in [-0.1, -0.05) is 30.3 Å². The van der Waals surface area contributed by atoms with Crippen LogP contribution in [0.1, 0.15) is 35.7 Å². The minimum atomic E-state index is -1.05. The van der Waals surface area contributed by atoms with Crippen molar-refractivity contribution < 1.29 is 19.1 Å². The lowest BCUT2D eigenvalue weighted by molar-refractivity contribution is -0.134. The lowest BCUT2D eigenvalue weighted by atomic mass is 10.0. The molecule has 6 heteroatoms. The SMILES string of the molecule is COc1ccccc1CNC(=O)C1(C(=O)Nc2cccc(C(C)=O)c2)CC1. The first kappa shape index (κ1) is 18.6. The summed E-state index contributed by atoms with van der Waals surface area (Å²) < 4.78 is 5.28. The van der Waals surface area contributed by atoms with Gasteiger partial charge in [0.1, 0.15) is 11.2 Å². The predicted molar refractivity (Wildman–Crippen MR) is 102 cm³/mol. The number of amides is 2. The van der Waals surface area contributed by atoms with E-state index in [-0.39, 0.29) is 24.1 Å². The molecule has 1 aliphatic carbocycles. The van der Waals surface area contributed by atoms with Gasteiger partial charge in [0.15, 0.2) is 5.78 Å². The van der Waals surface area contributed by atoms with Gasteiger partial charge in [0.2, 0.25) is 11.8 Å². The average Bonchev–Trinajstić information content (AvgIpc) is 3.48. The standard InChI is InChI=1S/C21H22N2O4/c1-14(24)15-7-5-8-17(12-15)23-20(26)21(10-11-21)19(25)22-13-16-6-3-4-9-18(16)27-2/h3-9,12H,10-11,13H2,1-2H3,(H,22,25)(H,23,26). The van der Waals surface area contributed by atoms with Crippen LogP contribution in [0.2, 0.25) is 0 Å². The van der Waals surface area contributed by atoms with E-state index in [9.17, 15) is 14.4 Å². The Morgan fingerprint density at radius 3 is 2.44 bits per heavy atom. The molecule has 2 N–H and O–H groups in total. The zero-order valence-electron chi connectivity index (χ0n) is 15.4. The first-order chi connectivity index (χ1) is 13.0. The molecule has 0 aromatic heterocycles. The van der Waals surface area contributed by atoms with Crippen LogP contribution >= 0.6 is 0 Å². The van der Waals surface area contributed by atoms with Gasteiger partial charge in [0, 0.05) is 23.4 Å². The third-order valence-electron chi connectivity index (χ3n) is 4.78. The van der Waals surface area contributed by atoms with E-state index in [1.54, 1.807) is 31.4 Å². The van der Waals surface area contributed by atoms with Crippen LogP contribution in [0.3, 0.4) is 0 Å². The zero-order valence-corrected chi connectivity index (χ0v) is 15.4. The molecule has 0 aliphatic heterocycles. The molecule has 1 aliphatic rings. The van der Waals surface area contributed by atoms with Crippen molar-refractivity contribution in [3.63, 3.8) is 0 Å². The summed E-state index contributed by atoms with van der Waals surface area (Å²) in [5, 5.41) is 5.60. The summed E-state index contributed by atoms with van der Waals surface area (Å²) in [7, 11) is 1.58. The van der Waals surface area contributed by atoms with Crippen LogP contribution in [0, 0.1) is 5.41 Å². The molecular weight excluding hydrogens is 344 g/mol. The third-order valence-corrected chi connectivity index (χ3v) is 4.78. The van der Waals surface area contributed by atoms with Crippen LogP contribution in [-0.2, 0) is 16.1 Å². The van der Waals surface area contributed by atoms with Gasteiger partial charge in [-0.3, -0.25) is 14.4 Å². The highest BCUT2D eigenvalue weighted by molar-refractivity contribution is 6.13. The Morgan fingerprint density at radius 2 is 1.78 bits per heavy atom. The van der Waals surface area contributed by atoms with E-state index in [0.29, 0.717) is 29.8 Å². The number of hydrogen-bond acceptors (Lipinski definition) is 4. The fourth-order valence-electron chi connectivity index (χ4n) is 2.94. The number of ketones is 1. The quantitative estimate of drug-likeness (QED) is 0.583. The van der Waals surface area contributed by atoms with Gasteiger partial charge in [0.05, 0.1) is 7.11 Å². The number of carbonyl (C=O) groups excluding carboxylic acids is 3. The Bertz CT molecular complexity index is 887. The Kier molecular flexibility index (Phi) is 5.26. The zero-order chi connectivity index (χ0) is 19.4. The number of Topliss-reactive ketones (excluding diaryl/α,β-unsaturated/α-hetero) is 1. The Morgan fingerprint density at radius 1 is 1.04 bits per heavy atom. The summed E-state index contributed by atoms with van der Waals surface area (Å²) >= 11 is 0. The highest BCUT2D eigenvalue weighted by Crippen LogP contribution is 2.47. The van der Waals surface area contributed by atoms with Gasteiger partial charge in [-0.25, -0.2) is 0 Å². The number of hydrogen-bond donors (Lipinski definition) is 2. The normalized spacial score (nSPS) is 14.1. The number of nitrogens with one attached hydrogen (secondary N) is 2. The molecule has 1 saturated carbocycles. The van der Waals surface area contributed by atoms with E-state index in [1.807, 2.05) is 24.3 Å². The first-order valence-corrected chi connectivity index (χ1v) is 8.79. The van der Waals surface area contributed by atoms with E-state index in [2.05, 4.69) is 10.6 Å². The van der Waals surface area contributed by atoms with Gasteiger partial charge in [-0.05, 0) is 38.0 Å². The molecule has 0 radical (unpaired) electrons. The lowest BCUT2D eigenvalue weighted by Crippen LogP contribution is -2.39. The van der Waals surface area contributed by atoms with Gasteiger partial charge in [-0.2, -0.15) is 0 Å². The van der Waals surface area contributed by atoms with Crippen LogP contribution < -0.4 is 15.4 Å². The number of methoxy groups -OCH3 is 1. The Balaban J connectivity index is 1.65. The van der Waals surface area contributed by atoms with E-state index < -0.39 is 5.41 Å². The maximum Gasteiger partial charge on any atom is 0.240 e. The van der Waals surface area contributed by atoms with E-state index >= 15 is 0 Å². The number of para-hydroxylation sites is 1. The second-order valence-corrected chi connectivity index (χ2v) is 6.67. The van der Waals surface area contributed by atoms with E-state index in [4.69, 9.17) is 4.74 Å². The predicted octanol–water partition coefficient (Wildman–Crippen LogP) is 2.93. The molecule has 1 fully saturated rings. The number of ether oxygens (including phenoxy) is 1. The van der Waals surface area contributed by atoms with Crippen molar-refractivity contribution in [3.05, 3.63) is 59.7 Å². The molecule has 0 spiro atoms. The minimum absolute atomic E-state index is 0.0817. The molecular formula is C21H22N2O4. The summed E-state index contributed by atoms with van der Waals surface area (Å²) in [6.45, 7) is 1.76. The molecule has 0 heterocycles. The van der Waals surface area contributed by atoms with Crippen molar-refractivity contribution in [1.29, 1.82) is 0 Å². The van der Waals surface area contributed by atoms with Gasteiger partial charge >= 0.3 is 0 Å². The molecule has 0 unspecified atom stereocenters. The monoisotopic (exact) mass is 366 g/mol. The second-order valence-electron chi connectivity index (χ2n) is 6.67. The van der Waals surface area contributed by atoms with Crippen molar-refractivity contribution >= 4 is 23.3 Å². The molecule has 140 valence electrons. The van der Waals surface area contributed by atoms with Crippen molar-refractivity contribution in [2.24, 2.45) is 5.41 Å². The average molecular weight is 366 g/mol. The smallest absolute Gasteiger partial charge is 0.240 e. The highest BCUT2D eigenvalue weighted by atomic mass is 16.5. The van der Waals surface area contributed by atoms with Crippen LogP contribution in [0.4, 0.5) is 5.69 Å². The lowest BCUT2D eigenvalue weighted by Gasteiger charge is -2.16. The maximum absolute atomic E-state index is 12.7. The molecule has 0 bridgehead atoms. The number of benzene rings is 2. The molecule has 2 aromatic rings. The second kappa shape index (κ2) is 7.61. The molecule has 3 rings (SSSR count). The van der Waals surface area contributed by atoms with Crippen LogP contribution in [0.15, 0.2) is 48.5 Å². The number of carbonyl (C=O) groups is 3. The van der Waals surface area contributed by atoms with Gasteiger partial charge in [-0.15, -0.1) is 0 Å². The summed E-state index contributed by atoms with van der Waals surface area (Å²) in [6.07, 6.45) is 1.01. The molecule has 27 heavy (non-hydrogen) atoms. The molecule has 0 saturated heterocycles. The summed E-state index contributed by atoms with van der Waals surface area (Å²) in [5.74, 6) is -0.0377. The van der Waals surface area contributed by atoms with Gasteiger partial charge < -0.3 is 15.4 Å². The maximum atomic E-state index is 12.7. The van der Waals surface area contributed by atoms with Crippen molar-refractivity contribution in [1.82, 2.24) is 5.32 Å². The fraction of sp³-hybridized carbons (Fsp3) is 0.286. The molecule has 2 aromatic carbocycles. The van der Waals surface area contributed by atoms with E-state index in [0.717, 1.165) is 5.56 Å². The van der Waals surface area contributed by atoms with Crippen molar-refractivity contribution in [2.75, 3.05) is 12.4 Å². The minimum Gasteiger partial charge on any atom is -0.496 e.